The zero-order valence-corrected chi connectivity index (χ0v) is 16.2. The first-order chi connectivity index (χ1) is 13.7. The quantitative estimate of drug-likeness (QED) is 0.486. The number of ether oxygens (including phenoxy) is 1. The van der Waals surface area contributed by atoms with Crippen LogP contribution in [0.4, 0.5) is 5.69 Å². The Labute approximate surface area is 167 Å². The van der Waals surface area contributed by atoms with Crippen molar-refractivity contribution in [3.63, 3.8) is 0 Å². The highest BCUT2D eigenvalue weighted by Crippen LogP contribution is 2.41. The van der Waals surface area contributed by atoms with Crippen LogP contribution in [-0.2, 0) is 6.42 Å². The van der Waals surface area contributed by atoms with Crippen molar-refractivity contribution in [2.75, 3.05) is 11.1 Å². The average molecular weight is 392 g/mol. The van der Waals surface area contributed by atoms with Gasteiger partial charge in [0.25, 0.3) is 0 Å². The fourth-order valence-electron chi connectivity index (χ4n) is 3.12. The van der Waals surface area contributed by atoms with Crippen molar-refractivity contribution in [1.29, 1.82) is 0 Å². The van der Waals surface area contributed by atoms with Gasteiger partial charge in [0.05, 0.1) is 5.56 Å². The van der Waals surface area contributed by atoms with E-state index in [1.165, 1.54) is 11.8 Å². The third kappa shape index (κ3) is 3.41. The maximum atomic E-state index is 10.8. The third-order valence-electron chi connectivity index (χ3n) is 4.40. The highest BCUT2D eigenvalue weighted by molar-refractivity contribution is 7.99. The van der Waals surface area contributed by atoms with Gasteiger partial charge in [-0.1, -0.05) is 55.1 Å². The van der Waals surface area contributed by atoms with E-state index in [1.807, 2.05) is 49.4 Å². The fourth-order valence-corrected chi connectivity index (χ4v) is 3.63. The molecule has 28 heavy (non-hydrogen) atoms. The molecule has 1 atom stereocenters. The number of hydrogen-bond acceptors (Lipinski definition) is 7. The molecule has 2 N–H and O–H groups in total. The molecule has 2 heterocycles. The van der Waals surface area contributed by atoms with Gasteiger partial charge in [-0.05, 0) is 29.9 Å². The summed E-state index contributed by atoms with van der Waals surface area (Å²) in [5.41, 5.74) is 3.69. The summed E-state index contributed by atoms with van der Waals surface area (Å²) in [5, 5.41) is 23.3. The van der Waals surface area contributed by atoms with Crippen molar-refractivity contribution in [2.45, 2.75) is 24.7 Å². The van der Waals surface area contributed by atoms with Gasteiger partial charge in [0, 0.05) is 11.3 Å². The number of benzene rings is 2. The third-order valence-corrected chi connectivity index (χ3v) is 5.12. The second-order valence-corrected chi connectivity index (χ2v) is 7.45. The number of fused-ring (bicyclic) bond motifs is 3. The fraction of sp³-hybridized carbons (Fsp3) is 0.190. The molecule has 0 aliphatic carbocycles. The highest BCUT2D eigenvalue weighted by atomic mass is 32.2. The van der Waals surface area contributed by atoms with Crippen LogP contribution < -0.4 is 10.1 Å². The van der Waals surface area contributed by atoms with Crippen LogP contribution >= 0.6 is 11.8 Å². The monoisotopic (exact) mass is 392 g/mol. The van der Waals surface area contributed by atoms with E-state index in [1.54, 1.807) is 6.08 Å². The van der Waals surface area contributed by atoms with Crippen LogP contribution in [0, 0.1) is 0 Å². The predicted molar refractivity (Wildman–Crippen MR) is 111 cm³/mol. The molecular formula is C21H20N4O2S. The molecule has 0 spiro atoms. The second kappa shape index (κ2) is 7.90. The maximum absolute atomic E-state index is 10.8. The molecule has 0 saturated carbocycles. The number of phenolic OH excluding ortho intramolecular Hbond substituents is 1. The lowest BCUT2D eigenvalue weighted by molar-refractivity contribution is 0.220. The second-order valence-electron chi connectivity index (χ2n) is 6.22. The minimum absolute atomic E-state index is 0.186. The molecule has 1 aliphatic heterocycles. The highest BCUT2D eigenvalue weighted by Gasteiger charge is 2.28. The summed E-state index contributed by atoms with van der Waals surface area (Å²) in [6.07, 6.45) is 1.71. The van der Waals surface area contributed by atoms with Crippen molar-refractivity contribution in [1.82, 2.24) is 15.2 Å². The number of aromatic nitrogens is 3. The van der Waals surface area contributed by atoms with Crippen LogP contribution in [-0.4, -0.2) is 26.0 Å². The van der Waals surface area contributed by atoms with E-state index < -0.39 is 6.23 Å². The molecule has 1 aliphatic rings. The van der Waals surface area contributed by atoms with E-state index in [-0.39, 0.29) is 5.75 Å². The van der Waals surface area contributed by atoms with E-state index in [0.29, 0.717) is 28.7 Å². The van der Waals surface area contributed by atoms with Crippen molar-refractivity contribution >= 4 is 17.4 Å². The number of nitrogens with zero attached hydrogens (tertiary/aromatic N) is 3. The molecule has 4 rings (SSSR count). The van der Waals surface area contributed by atoms with Crippen LogP contribution in [0.3, 0.4) is 0 Å². The normalized spacial score (nSPS) is 14.8. The Kier molecular flexibility index (Phi) is 5.16. The number of thioether (sulfide) groups is 1. The molecule has 0 saturated heterocycles. The van der Waals surface area contributed by atoms with Crippen molar-refractivity contribution in [3.05, 3.63) is 66.2 Å². The largest absolute Gasteiger partial charge is 0.507 e. The Morgan fingerprint density at radius 1 is 1.21 bits per heavy atom. The molecule has 7 heteroatoms. The minimum atomic E-state index is -0.622. The summed E-state index contributed by atoms with van der Waals surface area (Å²) in [7, 11) is 0. The van der Waals surface area contributed by atoms with E-state index in [2.05, 4.69) is 27.1 Å². The van der Waals surface area contributed by atoms with E-state index in [4.69, 9.17) is 4.74 Å². The zero-order valence-electron chi connectivity index (χ0n) is 15.4. The van der Waals surface area contributed by atoms with Crippen LogP contribution in [0.15, 0.2) is 60.3 Å². The minimum Gasteiger partial charge on any atom is -0.507 e. The molecule has 0 radical (unpaired) electrons. The summed E-state index contributed by atoms with van der Waals surface area (Å²) >= 11 is 1.50. The number of hydrogen-bond donors (Lipinski definition) is 2. The Morgan fingerprint density at radius 3 is 2.89 bits per heavy atom. The number of rotatable bonds is 5. The number of para-hydroxylation sites is 2. The average Bonchev–Trinajstić information content (AvgIpc) is 2.86. The summed E-state index contributed by atoms with van der Waals surface area (Å²) in [6, 6.07) is 13.4. The molecule has 6 nitrogen and oxygen atoms in total. The standard InChI is InChI=1S/C21H20N4O2S/c1-3-8-13-9-7-11-15(18(13)26)19-22-16-12-6-5-10-14(16)17-20(27-19)23-21(25-24-17)28-4-2/h3,5-7,9-12,19,22,26H,1,4,8H2,2H3/t19-/m0/s1. The van der Waals surface area contributed by atoms with Crippen LogP contribution in [0.25, 0.3) is 11.3 Å². The molecule has 3 aromatic rings. The number of aromatic hydroxyl groups is 1. The topological polar surface area (TPSA) is 80.2 Å². The van der Waals surface area contributed by atoms with E-state index in [0.717, 1.165) is 22.6 Å². The van der Waals surface area contributed by atoms with Gasteiger partial charge in [0.1, 0.15) is 5.75 Å². The van der Waals surface area contributed by atoms with E-state index in [9.17, 15) is 5.11 Å². The number of anilines is 1. The molecule has 2 aromatic carbocycles. The Balaban J connectivity index is 1.83. The van der Waals surface area contributed by atoms with Gasteiger partial charge in [0.2, 0.25) is 17.3 Å². The molecule has 0 amide bonds. The lowest BCUT2D eigenvalue weighted by Gasteiger charge is -2.21. The van der Waals surface area contributed by atoms with Gasteiger partial charge in [-0.15, -0.1) is 16.8 Å². The van der Waals surface area contributed by atoms with Gasteiger partial charge in [-0.25, -0.2) is 0 Å². The molecule has 0 fully saturated rings. The summed E-state index contributed by atoms with van der Waals surface area (Å²) in [5.74, 6) is 1.41. The number of phenols is 1. The summed E-state index contributed by atoms with van der Waals surface area (Å²) < 4.78 is 6.20. The number of nitrogens with one attached hydrogen (secondary N) is 1. The lowest BCUT2D eigenvalue weighted by atomic mass is 10.0. The molecular weight excluding hydrogens is 372 g/mol. The zero-order chi connectivity index (χ0) is 19.5. The van der Waals surface area contributed by atoms with Gasteiger partial charge >= 0.3 is 0 Å². The summed E-state index contributed by atoms with van der Waals surface area (Å²) in [6.45, 7) is 5.79. The van der Waals surface area contributed by atoms with Crippen molar-refractivity contribution in [3.8, 4) is 22.9 Å². The van der Waals surface area contributed by atoms with Crippen molar-refractivity contribution < 1.29 is 9.84 Å². The first-order valence-corrected chi connectivity index (χ1v) is 10.0. The van der Waals surface area contributed by atoms with Gasteiger partial charge in [-0.2, -0.15) is 4.98 Å². The first-order valence-electron chi connectivity index (χ1n) is 9.03. The molecule has 0 bridgehead atoms. The van der Waals surface area contributed by atoms with Crippen LogP contribution in [0.5, 0.6) is 11.6 Å². The van der Waals surface area contributed by atoms with Gasteiger partial charge in [-0.3, -0.25) is 0 Å². The SMILES string of the molecule is C=CCc1cccc([C@H]2Nc3ccccc3-c3nnc(SCC)nc3O2)c1O. The summed E-state index contributed by atoms with van der Waals surface area (Å²) in [4.78, 5) is 4.56. The van der Waals surface area contributed by atoms with E-state index >= 15 is 0 Å². The molecule has 1 aromatic heterocycles. The molecule has 0 unspecified atom stereocenters. The molecule has 142 valence electrons. The Morgan fingerprint density at radius 2 is 2.07 bits per heavy atom. The number of allylic oxidation sites excluding steroid dienone is 1. The van der Waals surface area contributed by atoms with Crippen LogP contribution in [0.1, 0.15) is 24.3 Å². The maximum Gasteiger partial charge on any atom is 0.247 e. The Bertz CT molecular complexity index is 1030. The van der Waals surface area contributed by atoms with Gasteiger partial charge in [0.15, 0.2) is 5.69 Å². The van der Waals surface area contributed by atoms with Crippen molar-refractivity contribution in [2.24, 2.45) is 0 Å². The smallest absolute Gasteiger partial charge is 0.247 e. The van der Waals surface area contributed by atoms with Crippen LogP contribution in [0.2, 0.25) is 0 Å². The van der Waals surface area contributed by atoms with Gasteiger partial charge < -0.3 is 15.2 Å². The predicted octanol–water partition coefficient (Wildman–Crippen LogP) is 4.59. The Hall–Kier alpha value is -3.06. The lowest BCUT2D eigenvalue weighted by Crippen LogP contribution is -2.17. The first kappa shape index (κ1) is 18.3.